The molecule has 0 spiro atoms. The van der Waals surface area contributed by atoms with Crippen LogP contribution in [0.3, 0.4) is 0 Å². The number of carboxylic acids is 1. The normalized spacial score (nSPS) is 14.5. The van der Waals surface area contributed by atoms with Crippen molar-refractivity contribution in [3.63, 3.8) is 0 Å². The summed E-state index contributed by atoms with van der Waals surface area (Å²) in [6, 6.07) is 4.85. The van der Waals surface area contributed by atoms with Crippen LogP contribution in [0.4, 0.5) is 0 Å². The Balaban J connectivity index is 2.22. The van der Waals surface area contributed by atoms with Gasteiger partial charge in [0.1, 0.15) is 18.6 Å². The Morgan fingerprint density at radius 3 is 2.43 bits per heavy atom. The van der Waals surface area contributed by atoms with Crippen LogP contribution in [0.1, 0.15) is 32.3 Å². The summed E-state index contributed by atoms with van der Waals surface area (Å²) >= 11 is 1.52. The molecule has 0 aliphatic carbocycles. The van der Waals surface area contributed by atoms with Gasteiger partial charge < -0.3 is 31.8 Å². The molecule has 0 bridgehead atoms. The summed E-state index contributed by atoms with van der Waals surface area (Å²) in [5.74, 6) is -2.23. The molecule has 192 valence electrons. The van der Waals surface area contributed by atoms with E-state index >= 15 is 0 Å². The highest BCUT2D eigenvalue weighted by atomic mass is 32.2. The highest BCUT2D eigenvalue weighted by Crippen LogP contribution is 2.19. The highest BCUT2D eigenvalue weighted by Gasteiger charge is 2.29. The van der Waals surface area contributed by atoms with E-state index in [4.69, 9.17) is 10.8 Å². The summed E-state index contributed by atoms with van der Waals surface area (Å²) in [4.78, 5) is 52.8. The molecule has 1 aromatic heterocycles. The topological polar surface area (TPSA) is 166 Å². The van der Waals surface area contributed by atoms with Crippen LogP contribution in [-0.2, 0) is 25.6 Å². The number of hydrogen-bond acceptors (Lipinski definition) is 6. The van der Waals surface area contributed by atoms with Crippen molar-refractivity contribution in [1.82, 2.24) is 20.9 Å². The molecule has 0 radical (unpaired) electrons. The van der Waals surface area contributed by atoms with Gasteiger partial charge in [0, 0.05) is 23.5 Å². The fourth-order valence-corrected chi connectivity index (χ4v) is 4.04. The second kappa shape index (κ2) is 13.7. The van der Waals surface area contributed by atoms with Crippen LogP contribution in [0.25, 0.3) is 10.9 Å². The summed E-state index contributed by atoms with van der Waals surface area (Å²) in [5.41, 5.74) is 7.71. The number of carboxylic acid groups (broad SMARTS) is 1. The van der Waals surface area contributed by atoms with Gasteiger partial charge in [-0.25, -0.2) is 0 Å². The molecule has 4 atom stereocenters. The van der Waals surface area contributed by atoms with Crippen LogP contribution in [-0.4, -0.2) is 70.5 Å². The number of hydrogen-bond donors (Lipinski definition) is 6. The van der Waals surface area contributed by atoms with Gasteiger partial charge in [0.25, 0.3) is 0 Å². The number of aromatic nitrogens is 1. The lowest BCUT2D eigenvalue weighted by Gasteiger charge is -2.25. The number of carbonyl (C=O) groups is 4. The number of fused-ring (bicyclic) bond motifs is 1. The third-order valence-corrected chi connectivity index (χ3v) is 6.59. The maximum Gasteiger partial charge on any atom is 0.322 e. The first-order valence-electron chi connectivity index (χ1n) is 11.6. The monoisotopic (exact) mass is 505 g/mol. The lowest BCUT2D eigenvalue weighted by molar-refractivity contribution is -0.138. The molecular formula is C24H35N5O5S. The minimum absolute atomic E-state index is 0.0596. The number of benzene rings is 1. The van der Waals surface area contributed by atoms with Crippen LogP contribution in [0.5, 0.6) is 0 Å². The largest absolute Gasteiger partial charge is 0.480 e. The van der Waals surface area contributed by atoms with Crippen LogP contribution in [0.2, 0.25) is 0 Å². The number of nitrogens with one attached hydrogen (secondary N) is 4. The predicted molar refractivity (Wildman–Crippen MR) is 137 cm³/mol. The first-order chi connectivity index (χ1) is 16.7. The van der Waals surface area contributed by atoms with Gasteiger partial charge in [-0.3, -0.25) is 19.2 Å². The van der Waals surface area contributed by atoms with Crippen molar-refractivity contribution in [3.8, 4) is 0 Å². The zero-order valence-electron chi connectivity index (χ0n) is 20.3. The van der Waals surface area contributed by atoms with Gasteiger partial charge >= 0.3 is 5.97 Å². The van der Waals surface area contributed by atoms with E-state index < -0.39 is 48.4 Å². The van der Waals surface area contributed by atoms with E-state index in [1.165, 1.54) is 11.8 Å². The predicted octanol–water partition coefficient (Wildman–Crippen LogP) is 1.01. The van der Waals surface area contributed by atoms with Crippen molar-refractivity contribution in [2.45, 2.75) is 51.2 Å². The molecule has 0 saturated carbocycles. The zero-order valence-corrected chi connectivity index (χ0v) is 21.1. The van der Waals surface area contributed by atoms with Gasteiger partial charge in [-0.15, -0.1) is 0 Å². The average molecular weight is 506 g/mol. The smallest absolute Gasteiger partial charge is 0.322 e. The van der Waals surface area contributed by atoms with Gasteiger partial charge in [0.05, 0.1) is 6.04 Å². The second-order valence-corrected chi connectivity index (χ2v) is 9.48. The second-order valence-electron chi connectivity index (χ2n) is 8.49. The molecule has 0 aliphatic heterocycles. The number of carbonyl (C=O) groups excluding carboxylic acids is 3. The standard InChI is InChI=1S/C24H35N5O5S/c1-4-14(2)21(25)24(34)28-18(9-10-35-3)23(33)29-19(22(32)27-13-20(30)31)11-15-12-26-17-8-6-5-7-16(15)17/h5-8,12,14,18-19,21,26H,4,9-11,13,25H2,1-3H3,(H,27,32)(H,28,34)(H,29,33)(H,30,31). The number of rotatable bonds is 14. The number of nitrogens with two attached hydrogens (primary N) is 1. The average Bonchev–Trinajstić information content (AvgIpc) is 3.26. The molecule has 0 aliphatic rings. The SMILES string of the molecule is CCC(C)C(N)C(=O)NC(CCSC)C(=O)NC(Cc1c[nH]c2ccccc12)C(=O)NCC(=O)O. The zero-order chi connectivity index (χ0) is 26.0. The van der Waals surface area contributed by atoms with Gasteiger partial charge in [0.15, 0.2) is 0 Å². The first-order valence-corrected chi connectivity index (χ1v) is 13.0. The van der Waals surface area contributed by atoms with Gasteiger partial charge in [-0.05, 0) is 36.0 Å². The third kappa shape index (κ3) is 8.29. The maximum atomic E-state index is 13.2. The molecule has 7 N–H and O–H groups in total. The number of H-pyrrole nitrogens is 1. The van der Waals surface area contributed by atoms with E-state index in [2.05, 4.69) is 20.9 Å². The van der Waals surface area contributed by atoms with Crippen LogP contribution >= 0.6 is 11.8 Å². The molecule has 3 amide bonds. The molecule has 10 nitrogen and oxygen atoms in total. The number of aliphatic carboxylic acids is 1. The van der Waals surface area contributed by atoms with Crippen molar-refractivity contribution in [3.05, 3.63) is 36.0 Å². The van der Waals surface area contributed by atoms with Crippen molar-refractivity contribution in [2.24, 2.45) is 11.7 Å². The van der Waals surface area contributed by atoms with E-state index in [9.17, 15) is 19.2 Å². The lowest BCUT2D eigenvalue weighted by atomic mass is 9.99. The summed E-state index contributed by atoms with van der Waals surface area (Å²) in [6.45, 7) is 3.22. The van der Waals surface area contributed by atoms with Crippen molar-refractivity contribution in [2.75, 3.05) is 18.6 Å². The molecule has 0 saturated heterocycles. The summed E-state index contributed by atoms with van der Waals surface area (Å²) in [6.07, 6.45) is 4.85. The van der Waals surface area contributed by atoms with Gasteiger partial charge in [0.2, 0.25) is 17.7 Å². The van der Waals surface area contributed by atoms with Gasteiger partial charge in [-0.1, -0.05) is 38.5 Å². The van der Waals surface area contributed by atoms with Crippen LogP contribution < -0.4 is 21.7 Å². The van der Waals surface area contributed by atoms with E-state index in [1.54, 1.807) is 6.20 Å². The molecule has 4 unspecified atom stereocenters. The Bertz CT molecular complexity index is 1030. The summed E-state index contributed by atoms with van der Waals surface area (Å²) in [5, 5.41) is 17.6. The first kappa shape index (κ1) is 28.2. The van der Waals surface area contributed by atoms with Crippen LogP contribution in [0, 0.1) is 5.92 Å². The Morgan fingerprint density at radius 1 is 1.09 bits per heavy atom. The summed E-state index contributed by atoms with van der Waals surface area (Å²) in [7, 11) is 0. The minimum atomic E-state index is -1.19. The molecule has 1 aromatic carbocycles. The number of amides is 3. The van der Waals surface area contributed by atoms with Crippen molar-refractivity contribution < 1.29 is 24.3 Å². The molecule has 11 heteroatoms. The fourth-order valence-electron chi connectivity index (χ4n) is 3.57. The molecule has 1 heterocycles. The number of para-hydroxylation sites is 1. The van der Waals surface area contributed by atoms with E-state index in [0.29, 0.717) is 18.6 Å². The third-order valence-electron chi connectivity index (χ3n) is 5.95. The highest BCUT2D eigenvalue weighted by molar-refractivity contribution is 7.98. The fraction of sp³-hybridized carbons (Fsp3) is 0.500. The van der Waals surface area contributed by atoms with Crippen LogP contribution in [0.15, 0.2) is 30.5 Å². The summed E-state index contributed by atoms with van der Waals surface area (Å²) < 4.78 is 0. The Morgan fingerprint density at radius 2 is 1.77 bits per heavy atom. The molecule has 0 fully saturated rings. The number of aromatic amines is 1. The van der Waals surface area contributed by atoms with E-state index in [1.807, 2.05) is 44.4 Å². The van der Waals surface area contributed by atoms with Crippen molar-refractivity contribution in [1.29, 1.82) is 0 Å². The lowest BCUT2D eigenvalue weighted by Crippen LogP contribution is -2.57. The van der Waals surface area contributed by atoms with E-state index in [0.717, 1.165) is 16.5 Å². The Hall–Kier alpha value is -3.05. The molecule has 35 heavy (non-hydrogen) atoms. The van der Waals surface area contributed by atoms with Gasteiger partial charge in [-0.2, -0.15) is 11.8 Å². The quantitative estimate of drug-likeness (QED) is 0.223. The van der Waals surface area contributed by atoms with Crippen molar-refractivity contribution >= 4 is 46.4 Å². The Labute approximate surface area is 209 Å². The minimum Gasteiger partial charge on any atom is -0.480 e. The Kier molecular flexibility index (Phi) is 11.1. The maximum absolute atomic E-state index is 13.2. The van der Waals surface area contributed by atoms with E-state index in [-0.39, 0.29) is 12.3 Å². The molecule has 2 rings (SSSR count). The number of thioether (sulfide) groups is 1. The molecule has 2 aromatic rings. The molecular weight excluding hydrogens is 470 g/mol.